The first kappa shape index (κ1) is 34.8. The number of hydrogen-bond donors (Lipinski definition) is 0. The first-order chi connectivity index (χ1) is 18.1. The molecule has 12 heteroatoms. The van der Waals surface area contributed by atoms with E-state index in [1.807, 2.05) is 0 Å². The van der Waals surface area contributed by atoms with Gasteiger partial charge in [-0.3, -0.25) is 28.8 Å². The van der Waals surface area contributed by atoms with Crippen LogP contribution in [0.15, 0.2) is 0 Å². The van der Waals surface area contributed by atoms with Crippen molar-refractivity contribution in [2.45, 2.75) is 104 Å². The first-order valence-corrected chi connectivity index (χ1v) is 13.2. The lowest BCUT2D eigenvalue weighted by Crippen LogP contribution is -2.32. The maximum absolute atomic E-state index is 12.3. The fraction of sp³-hybridized carbons (Fsp3) is 0.769. The molecule has 0 heterocycles. The van der Waals surface area contributed by atoms with Crippen LogP contribution in [0.2, 0.25) is 0 Å². The highest BCUT2D eigenvalue weighted by Crippen LogP contribution is 2.07. The Balaban J connectivity index is 4.86. The van der Waals surface area contributed by atoms with E-state index in [9.17, 15) is 28.8 Å². The second-order valence-corrected chi connectivity index (χ2v) is 8.46. The van der Waals surface area contributed by atoms with Crippen LogP contribution in [0.4, 0.5) is 0 Å². The number of carbonyl (C=O) groups excluding carboxylic acids is 6. The zero-order valence-corrected chi connectivity index (χ0v) is 23.0. The minimum Gasteiger partial charge on any atom is -0.462 e. The number of ether oxygens (including phenoxy) is 6. The van der Waals surface area contributed by atoms with Crippen molar-refractivity contribution in [3.8, 4) is 0 Å². The van der Waals surface area contributed by atoms with E-state index in [0.29, 0.717) is 25.7 Å². The highest BCUT2D eigenvalue weighted by Gasteiger charge is 2.23. The summed E-state index contributed by atoms with van der Waals surface area (Å²) < 4.78 is 30.7. The standard InChI is InChI=1S/C26H42O12/c1-5-9-21(27)33-15-19(16-34-22(28)10-6-2)37-25(31)13-14-26(32)38-20(17-35-23(29)11-7-3)18-36-24(30)12-8-4/h19-20H,5-18H2,1-4H3. The van der Waals surface area contributed by atoms with Crippen LogP contribution < -0.4 is 0 Å². The molecule has 218 valence electrons. The van der Waals surface area contributed by atoms with Crippen molar-refractivity contribution < 1.29 is 57.2 Å². The molecular weight excluding hydrogens is 504 g/mol. The highest BCUT2D eigenvalue weighted by atomic mass is 16.6. The molecule has 0 aliphatic carbocycles. The fourth-order valence-corrected chi connectivity index (χ4v) is 2.77. The van der Waals surface area contributed by atoms with E-state index in [0.717, 1.165) is 0 Å². The molecule has 0 aromatic rings. The van der Waals surface area contributed by atoms with Gasteiger partial charge in [0.1, 0.15) is 26.4 Å². The van der Waals surface area contributed by atoms with Crippen LogP contribution in [0.25, 0.3) is 0 Å². The summed E-state index contributed by atoms with van der Waals surface area (Å²) in [5, 5.41) is 0. The number of esters is 6. The van der Waals surface area contributed by atoms with Gasteiger partial charge >= 0.3 is 35.8 Å². The zero-order chi connectivity index (χ0) is 28.8. The first-order valence-electron chi connectivity index (χ1n) is 13.2. The summed E-state index contributed by atoms with van der Waals surface area (Å²) >= 11 is 0. The van der Waals surface area contributed by atoms with Crippen LogP contribution in [0.3, 0.4) is 0 Å². The Morgan fingerprint density at radius 1 is 0.395 bits per heavy atom. The Hall–Kier alpha value is -3.18. The average Bonchev–Trinajstić information content (AvgIpc) is 2.86. The lowest BCUT2D eigenvalue weighted by molar-refractivity contribution is -0.170. The monoisotopic (exact) mass is 546 g/mol. The Bertz CT molecular complexity index is 643. The van der Waals surface area contributed by atoms with Crippen LogP contribution in [0.5, 0.6) is 0 Å². The normalized spacial score (nSPS) is 10.6. The summed E-state index contributed by atoms with van der Waals surface area (Å²) in [4.78, 5) is 71.3. The van der Waals surface area contributed by atoms with Crippen molar-refractivity contribution in [2.24, 2.45) is 0 Å². The van der Waals surface area contributed by atoms with Gasteiger partial charge in [-0.05, 0) is 25.7 Å². The molecule has 0 atom stereocenters. The summed E-state index contributed by atoms with van der Waals surface area (Å²) in [5.74, 6) is -3.54. The minimum absolute atomic E-state index is 0.185. The van der Waals surface area contributed by atoms with Gasteiger partial charge in [-0.1, -0.05) is 27.7 Å². The molecule has 0 aliphatic heterocycles. The maximum Gasteiger partial charge on any atom is 0.306 e. The summed E-state index contributed by atoms with van der Waals surface area (Å²) in [6, 6.07) is 0. The van der Waals surface area contributed by atoms with E-state index in [2.05, 4.69) is 0 Å². The van der Waals surface area contributed by atoms with Gasteiger partial charge in [-0.2, -0.15) is 0 Å². The van der Waals surface area contributed by atoms with Crippen LogP contribution in [0, 0.1) is 0 Å². The van der Waals surface area contributed by atoms with E-state index in [1.165, 1.54) is 0 Å². The molecule has 38 heavy (non-hydrogen) atoms. The van der Waals surface area contributed by atoms with E-state index < -0.39 is 48.0 Å². The van der Waals surface area contributed by atoms with Crippen molar-refractivity contribution in [2.75, 3.05) is 26.4 Å². The molecule has 0 saturated carbocycles. The topological polar surface area (TPSA) is 158 Å². The van der Waals surface area contributed by atoms with Crippen LogP contribution >= 0.6 is 0 Å². The molecule has 0 unspecified atom stereocenters. The van der Waals surface area contributed by atoms with Crippen LogP contribution in [-0.4, -0.2) is 74.5 Å². The quantitative estimate of drug-likeness (QED) is 0.153. The molecule has 0 radical (unpaired) electrons. The average molecular weight is 547 g/mol. The van der Waals surface area contributed by atoms with Crippen molar-refractivity contribution in [3.05, 3.63) is 0 Å². The van der Waals surface area contributed by atoms with E-state index in [4.69, 9.17) is 28.4 Å². The Kier molecular flexibility index (Phi) is 20.0. The smallest absolute Gasteiger partial charge is 0.306 e. The van der Waals surface area contributed by atoms with Gasteiger partial charge in [0.05, 0.1) is 12.8 Å². The summed E-state index contributed by atoms with van der Waals surface area (Å²) in [6.45, 7) is 6.01. The van der Waals surface area contributed by atoms with Gasteiger partial charge in [0, 0.05) is 25.7 Å². The third-order valence-electron chi connectivity index (χ3n) is 4.67. The third kappa shape index (κ3) is 19.0. The van der Waals surface area contributed by atoms with Crippen molar-refractivity contribution in [1.29, 1.82) is 0 Å². The third-order valence-corrected chi connectivity index (χ3v) is 4.67. The lowest BCUT2D eigenvalue weighted by Gasteiger charge is -2.19. The van der Waals surface area contributed by atoms with Gasteiger partial charge in [0.25, 0.3) is 0 Å². The molecule has 0 bridgehead atoms. The van der Waals surface area contributed by atoms with Gasteiger partial charge in [-0.25, -0.2) is 0 Å². The molecule has 0 N–H and O–H groups in total. The SMILES string of the molecule is CCCC(=O)OCC(COC(=O)CCC)OC(=O)CCC(=O)OC(COC(=O)CCC)COC(=O)CCC. The Morgan fingerprint density at radius 2 is 0.632 bits per heavy atom. The molecule has 12 nitrogen and oxygen atoms in total. The lowest BCUT2D eigenvalue weighted by atomic mass is 10.3. The molecule has 0 amide bonds. The maximum atomic E-state index is 12.3. The molecular formula is C26H42O12. The van der Waals surface area contributed by atoms with Crippen molar-refractivity contribution in [1.82, 2.24) is 0 Å². The predicted octanol–water partition coefficient (Wildman–Crippen LogP) is 2.96. The predicted molar refractivity (Wildman–Crippen MR) is 132 cm³/mol. The number of carbonyl (C=O) groups is 6. The number of rotatable bonds is 21. The van der Waals surface area contributed by atoms with Gasteiger partial charge < -0.3 is 28.4 Å². The van der Waals surface area contributed by atoms with E-state index in [-0.39, 0.29) is 65.0 Å². The number of hydrogen-bond acceptors (Lipinski definition) is 12. The van der Waals surface area contributed by atoms with Crippen molar-refractivity contribution in [3.63, 3.8) is 0 Å². The largest absolute Gasteiger partial charge is 0.462 e. The molecule has 0 rings (SSSR count). The van der Waals surface area contributed by atoms with Crippen molar-refractivity contribution >= 4 is 35.8 Å². The molecule has 0 aromatic carbocycles. The Labute approximate surface area is 224 Å². The molecule has 0 aromatic heterocycles. The van der Waals surface area contributed by atoms with Crippen LogP contribution in [-0.2, 0) is 57.2 Å². The summed E-state index contributed by atoms with van der Waals surface area (Å²) in [7, 11) is 0. The second kappa shape index (κ2) is 21.9. The molecule has 0 aliphatic rings. The molecule has 0 saturated heterocycles. The minimum atomic E-state index is -1.04. The summed E-state index contributed by atoms with van der Waals surface area (Å²) in [5.41, 5.74) is 0. The van der Waals surface area contributed by atoms with Gasteiger partial charge in [0.15, 0.2) is 12.2 Å². The molecule has 0 spiro atoms. The molecule has 0 fully saturated rings. The second-order valence-electron chi connectivity index (χ2n) is 8.46. The van der Waals surface area contributed by atoms with Gasteiger partial charge in [0.2, 0.25) is 0 Å². The van der Waals surface area contributed by atoms with E-state index >= 15 is 0 Å². The van der Waals surface area contributed by atoms with Crippen LogP contribution in [0.1, 0.15) is 91.9 Å². The highest BCUT2D eigenvalue weighted by molar-refractivity contribution is 5.78. The Morgan fingerprint density at radius 3 is 0.842 bits per heavy atom. The summed E-state index contributed by atoms with van der Waals surface area (Å²) in [6.07, 6.45) is 0.221. The van der Waals surface area contributed by atoms with E-state index in [1.54, 1.807) is 27.7 Å². The van der Waals surface area contributed by atoms with Gasteiger partial charge in [-0.15, -0.1) is 0 Å². The zero-order valence-electron chi connectivity index (χ0n) is 23.0. The fourth-order valence-electron chi connectivity index (χ4n) is 2.77.